The number of phenolic OH excluding ortho intramolecular Hbond substituents is 1. The Hall–Kier alpha value is -1.56. The molecule has 1 aromatic carbocycles. The van der Waals surface area contributed by atoms with E-state index in [4.69, 9.17) is 4.74 Å². The van der Waals surface area contributed by atoms with Crippen molar-refractivity contribution in [2.45, 2.75) is 12.6 Å². The standard InChI is InChI=1S/C14H17NO3S/c1-18-13-4-2-3-10(14(13)17)7-15-8-12(16)11-5-6-19-9-11/h2-6,9,12,15-17H,7-8H2,1H3. The number of aromatic hydroxyl groups is 1. The molecule has 0 aliphatic carbocycles. The molecule has 4 nitrogen and oxygen atoms in total. The summed E-state index contributed by atoms with van der Waals surface area (Å²) >= 11 is 1.56. The predicted octanol–water partition coefficient (Wildman–Crippen LogP) is 2.29. The zero-order valence-corrected chi connectivity index (χ0v) is 11.5. The molecule has 5 heteroatoms. The van der Waals surface area contributed by atoms with Crippen LogP contribution in [0.1, 0.15) is 17.2 Å². The van der Waals surface area contributed by atoms with Crippen LogP contribution < -0.4 is 10.1 Å². The molecule has 0 aliphatic rings. The molecule has 3 N–H and O–H groups in total. The minimum atomic E-state index is -0.529. The number of thiophene rings is 1. The number of aliphatic hydroxyl groups excluding tert-OH is 1. The third-order valence-corrected chi connectivity index (χ3v) is 3.59. The van der Waals surface area contributed by atoms with Crippen LogP contribution in [0.3, 0.4) is 0 Å². The number of benzene rings is 1. The van der Waals surface area contributed by atoms with E-state index >= 15 is 0 Å². The van der Waals surface area contributed by atoms with Crippen molar-refractivity contribution < 1.29 is 14.9 Å². The predicted molar refractivity (Wildman–Crippen MR) is 75.6 cm³/mol. The molecule has 1 unspecified atom stereocenters. The minimum Gasteiger partial charge on any atom is -0.504 e. The van der Waals surface area contributed by atoms with Crippen molar-refractivity contribution >= 4 is 11.3 Å². The molecule has 102 valence electrons. The highest BCUT2D eigenvalue weighted by Crippen LogP contribution is 2.29. The maximum absolute atomic E-state index is 9.91. The molecule has 0 fully saturated rings. The summed E-state index contributed by atoms with van der Waals surface area (Å²) in [6.45, 7) is 0.914. The molecular formula is C14H17NO3S. The van der Waals surface area contributed by atoms with Gasteiger partial charge in [0.15, 0.2) is 11.5 Å². The molecule has 1 aromatic heterocycles. The summed E-state index contributed by atoms with van der Waals surface area (Å²) in [7, 11) is 1.52. The summed E-state index contributed by atoms with van der Waals surface area (Å²) in [5, 5.41) is 26.8. The number of hydrogen-bond donors (Lipinski definition) is 3. The van der Waals surface area contributed by atoms with Gasteiger partial charge in [0.2, 0.25) is 0 Å². The zero-order chi connectivity index (χ0) is 13.7. The van der Waals surface area contributed by atoms with Gasteiger partial charge in [-0.3, -0.25) is 0 Å². The van der Waals surface area contributed by atoms with Crippen LogP contribution in [0.2, 0.25) is 0 Å². The second-order valence-corrected chi connectivity index (χ2v) is 4.95. The molecular weight excluding hydrogens is 262 g/mol. The number of aliphatic hydroxyl groups is 1. The van der Waals surface area contributed by atoms with Gasteiger partial charge in [-0.05, 0) is 28.5 Å². The molecule has 2 aromatic rings. The Morgan fingerprint density at radius 1 is 1.37 bits per heavy atom. The second-order valence-electron chi connectivity index (χ2n) is 4.17. The average molecular weight is 279 g/mol. The molecule has 0 saturated carbocycles. The van der Waals surface area contributed by atoms with Crippen molar-refractivity contribution in [2.75, 3.05) is 13.7 Å². The monoisotopic (exact) mass is 279 g/mol. The summed E-state index contributed by atoms with van der Waals surface area (Å²) in [5.74, 6) is 0.597. The molecule has 1 heterocycles. The van der Waals surface area contributed by atoms with Crippen LogP contribution in [0, 0.1) is 0 Å². The van der Waals surface area contributed by atoms with Crippen molar-refractivity contribution in [3.05, 3.63) is 46.2 Å². The first-order chi connectivity index (χ1) is 9.22. The Kier molecular flexibility index (Phi) is 4.79. The van der Waals surface area contributed by atoms with E-state index < -0.39 is 6.10 Å². The van der Waals surface area contributed by atoms with Crippen molar-refractivity contribution in [1.29, 1.82) is 0 Å². The lowest BCUT2D eigenvalue weighted by atomic mass is 10.1. The van der Waals surface area contributed by atoms with Crippen molar-refractivity contribution in [3.63, 3.8) is 0 Å². The van der Waals surface area contributed by atoms with Crippen LogP contribution in [-0.4, -0.2) is 23.9 Å². The summed E-state index contributed by atoms with van der Waals surface area (Å²) in [4.78, 5) is 0. The van der Waals surface area contributed by atoms with Crippen LogP contribution in [0.4, 0.5) is 0 Å². The molecule has 2 rings (SSSR count). The molecule has 0 spiro atoms. The van der Waals surface area contributed by atoms with E-state index in [-0.39, 0.29) is 5.75 Å². The maximum Gasteiger partial charge on any atom is 0.162 e. The highest BCUT2D eigenvalue weighted by Gasteiger charge is 2.09. The first-order valence-electron chi connectivity index (χ1n) is 5.98. The summed E-state index contributed by atoms with van der Waals surface area (Å²) in [5.41, 5.74) is 1.66. The lowest BCUT2D eigenvalue weighted by molar-refractivity contribution is 0.174. The zero-order valence-electron chi connectivity index (χ0n) is 10.7. The molecule has 1 atom stereocenters. The van der Waals surface area contributed by atoms with Crippen LogP contribution >= 0.6 is 11.3 Å². The van der Waals surface area contributed by atoms with E-state index in [2.05, 4.69) is 5.32 Å². The van der Waals surface area contributed by atoms with E-state index in [9.17, 15) is 10.2 Å². The van der Waals surface area contributed by atoms with E-state index in [1.165, 1.54) is 7.11 Å². The van der Waals surface area contributed by atoms with Gasteiger partial charge >= 0.3 is 0 Å². The highest BCUT2D eigenvalue weighted by molar-refractivity contribution is 7.07. The Morgan fingerprint density at radius 3 is 2.89 bits per heavy atom. The normalized spacial score (nSPS) is 12.3. The van der Waals surface area contributed by atoms with E-state index in [0.29, 0.717) is 18.8 Å². The second kappa shape index (κ2) is 6.56. The van der Waals surface area contributed by atoms with Crippen molar-refractivity contribution in [2.24, 2.45) is 0 Å². The van der Waals surface area contributed by atoms with E-state index in [0.717, 1.165) is 11.1 Å². The van der Waals surface area contributed by atoms with Gasteiger partial charge in [-0.1, -0.05) is 12.1 Å². The van der Waals surface area contributed by atoms with Crippen molar-refractivity contribution in [1.82, 2.24) is 5.32 Å². The Labute approximate surface area is 116 Å². The van der Waals surface area contributed by atoms with Gasteiger partial charge in [-0.15, -0.1) is 0 Å². The largest absolute Gasteiger partial charge is 0.504 e. The fourth-order valence-electron chi connectivity index (χ4n) is 1.80. The number of rotatable bonds is 6. The molecule has 0 radical (unpaired) electrons. The van der Waals surface area contributed by atoms with Gasteiger partial charge in [-0.2, -0.15) is 11.3 Å². The van der Waals surface area contributed by atoms with Crippen LogP contribution in [0.25, 0.3) is 0 Å². The number of ether oxygens (including phenoxy) is 1. The van der Waals surface area contributed by atoms with Gasteiger partial charge in [-0.25, -0.2) is 0 Å². The number of hydrogen-bond acceptors (Lipinski definition) is 5. The molecule has 0 amide bonds. The number of para-hydroxylation sites is 1. The first-order valence-corrected chi connectivity index (χ1v) is 6.92. The Morgan fingerprint density at radius 2 is 2.21 bits per heavy atom. The third kappa shape index (κ3) is 3.47. The topological polar surface area (TPSA) is 61.7 Å². The average Bonchev–Trinajstić information content (AvgIpc) is 2.94. The quantitative estimate of drug-likeness (QED) is 0.759. The van der Waals surface area contributed by atoms with E-state index in [1.54, 1.807) is 17.4 Å². The Balaban J connectivity index is 1.89. The van der Waals surface area contributed by atoms with Gasteiger partial charge in [0, 0.05) is 18.7 Å². The first kappa shape index (κ1) is 13.9. The lowest BCUT2D eigenvalue weighted by Crippen LogP contribution is -2.20. The molecule has 0 bridgehead atoms. The number of methoxy groups -OCH3 is 1. The highest BCUT2D eigenvalue weighted by atomic mass is 32.1. The van der Waals surface area contributed by atoms with Crippen LogP contribution in [0.15, 0.2) is 35.0 Å². The Bertz CT molecular complexity index is 513. The molecule has 0 saturated heterocycles. The SMILES string of the molecule is COc1cccc(CNCC(O)c2ccsc2)c1O. The van der Waals surface area contributed by atoms with Crippen LogP contribution in [-0.2, 0) is 6.54 Å². The molecule has 19 heavy (non-hydrogen) atoms. The number of phenols is 1. The summed E-state index contributed by atoms with van der Waals surface area (Å²) < 4.78 is 5.05. The molecule has 0 aliphatic heterocycles. The maximum atomic E-state index is 9.91. The van der Waals surface area contributed by atoms with Gasteiger partial charge < -0.3 is 20.3 Å². The van der Waals surface area contributed by atoms with Gasteiger partial charge in [0.1, 0.15) is 0 Å². The summed E-state index contributed by atoms with van der Waals surface area (Å²) in [6, 6.07) is 7.26. The summed E-state index contributed by atoms with van der Waals surface area (Å²) in [6.07, 6.45) is -0.529. The third-order valence-electron chi connectivity index (χ3n) is 2.88. The van der Waals surface area contributed by atoms with Gasteiger partial charge in [0.25, 0.3) is 0 Å². The van der Waals surface area contributed by atoms with E-state index in [1.807, 2.05) is 29.0 Å². The van der Waals surface area contributed by atoms with Crippen LogP contribution in [0.5, 0.6) is 11.5 Å². The fraction of sp³-hybridized carbons (Fsp3) is 0.286. The minimum absolute atomic E-state index is 0.141. The fourth-order valence-corrected chi connectivity index (χ4v) is 2.51. The number of nitrogens with one attached hydrogen (secondary N) is 1. The lowest BCUT2D eigenvalue weighted by Gasteiger charge is -2.12. The van der Waals surface area contributed by atoms with Crippen molar-refractivity contribution in [3.8, 4) is 11.5 Å². The smallest absolute Gasteiger partial charge is 0.162 e. The van der Waals surface area contributed by atoms with Gasteiger partial charge in [0.05, 0.1) is 13.2 Å².